The Hall–Kier alpha value is -0.620. The Morgan fingerprint density at radius 1 is 1.32 bits per heavy atom. The minimum absolute atomic E-state index is 0.00251. The van der Waals surface area contributed by atoms with Gasteiger partial charge in [0, 0.05) is 11.6 Å². The Balaban J connectivity index is 2.01. The van der Waals surface area contributed by atoms with Crippen LogP contribution in [0.5, 0.6) is 0 Å². The fraction of sp³-hybridized carbons (Fsp3) is 0.538. The number of rotatable bonds is 4. The molecular formula is C13H18ClNO3S. The molecule has 4 nitrogen and oxygen atoms in total. The zero-order valence-electron chi connectivity index (χ0n) is 10.5. The lowest BCUT2D eigenvalue weighted by atomic mass is 9.87. The number of sulfonamides is 1. The Bertz CT molecular complexity index is 532. The first kappa shape index (κ1) is 14.8. The van der Waals surface area contributed by atoms with Crippen molar-refractivity contribution in [2.45, 2.75) is 36.7 Å². The summed E-state index contributed by atoms with van der Waals surface area (Å²) >= 11 is 5.79. The van der Waals surface area contributed by atoms with Gasteiger partial charge in [0.05, 0.1) is 11.0 Å². The van der Waals surface area contributed by atoms with E-state index in [1.165, 1.54) is 12.1 Å². The molecular weight excluding hydrogens is 286 g/mol. The Morgan fingerprint density at radius 2 is 2.05 bits per heavy atom. The third-order valence-corrected chi connectivity index (χ3v) is 5.17. The number of hydrogen-bond donors (Lipinski definition) is 2. The van der Waals surface area contributed by atoms with Crippen LogP contribution in [0.4, 0.5) is 0 Å². The summed E-state index contributed by atoms with van der Waals surface area (Å²) in [6, 6.07) is 6.16. The van der Waals surface area contributed by atoms with E-state index in [1.807, 2.05) is 0 Å². The van der Waals surface area contributed by atoms with Crippen molar-refractivity contribution in [3.8, 4) is 0 Å². The highest BCUT2D eigenvalue weighted by Crippen LogP contribution is 2.24. The summed E-state index contributed by atoms with van der Waals surface area (Å²) in [6.07, 6.45) is 3.26. The smallest absolute Gasteiger partial charge is 0.240 e. The molecule has 106 valence electrons. The van der Waals surface area contributed by atoms with Gasteiger partial charge in [-0.25, -0.2) is 13.1 Å². The highest BCUT2D eigenvalue weighted by molar-refractivity contribution is 7.89. The van der Waals surface area contributed by atoms with Gasteiger partial charge in [-0.2, -0.15) is 0 Å². The molecule has 0 aromatic heterocycles. The van der Waals surface area contributed by atoms with E-state index in [2.05, 4.69) is 4.72 Å². The van der Waals surface area contributed by atoms with Gasteiger partial charge in [-0.05, 0) is 37.0 Å². The molecule has 2 atom stereocenters. The average molecular weight is 304 g/mol. The number of hydrogen-bond acceptors (Lipinski definition) is 3. The summed E-state index contributed by atoms with van der Waals surface area (Å²) in [4.78, 5) is 0.158. The molecule has 6 heteroatoms. The van der Waals surface area contributed by atoms with E-state index in [1.54, 1.807) is 12.1 Å². The molecule has 19 heavy (non-hydrogen) atoms. The lowest BCUT2D eigenvalue weighted by molar-refractivity contribution is 0.0724. The van der Waals surface area contributed by atoms with Crippen molar-refractivity contribution in [3.63, 3.8) is 0 Å². The molecule has 0 saturated heterocycles. The van der Waals surface area contributed by atoms with Crippen molar-refractivity contribution in [1.29, 1.82) is 0 Å². The van der Waals surface area contributed by atoms with Gasteiger partial charge in [-0.15, -0.1) is 0 Å². The summed E-state index contributed by atoms with van der Waals surface area (Å²) in [5.41, 5.74) is 0. The van der Waals surface area contributed by atoms with Crippen molar-refractivity contribution >= 4 is 21.6 Å². The zero-order valence-corrected chi connectivity index (χ0v) is 12.1. The summed E-state index contributed by atoms with van der Waals surface area (Å²) in [7, 11) is -3.55. The quantitative estimate of drug-likeness (QED) is 0.896. The molecule has 0 amide bonds. The molecule has 2 N–H and O–H groups in total. The summed E-state index contributed by atoms with van der Waals surface area (Å²) in [5.74, 6) is 0.00251. The lowest BCUT2D eigenvalue weighted by Gasteiger charge is -2.27. The van der Waals surface area contributed by atoms with Crippen LogP contribution < -0.4 is 4.72 Å². The summed E-state index contributed by atoms with van der Waals surface area (Å²) in [5, 5.41) is 10.2. The lowest BCUT2D eigenvalue weighted by Crippen LogP contribution is -2.36. The third-order valence-electron chi connectivity index (χ3n) is 3.51. The molecule has 2 unspecified atom stereocenters. The molecule has 0 spiro atoms. The predicted octanol–water partition coefficient (Wildman–Crippen LogP) is 2.17. The highest BCUT2D eigenvalue weighted by Gasteiger charge is 2.25. The number of benzene rings is 1. The molecule has 1 aromatic carbocycles. The van der Waals surface area contributed by atoms with Gasteiger partial charge in [0.25, 0.3) is 0 Å². The van der Waals surface area contributed by atoms with Crippen LogP contribution in [-0.4, -0.2) is 26.2 Å². The number of nitrogens with one attached hydrogen (secondary N) is 1. The molecule has 1 aliphatic rings. The molecule has 2 rings (SSSR count). The molecule has 0 aliphatic heterocycles. The van der Waals surface area contributed by atoms with Crippen LogP contribution in [-0.2, 0) is 10.0 Å². The van der Waals surface area contributed by atoms with Gasteiger partial charge in [0.15, 0.2) is 0 Å². The maximum atomic E-state index is 12.1. The predicted molar refractivity (Wildman–Crippen MR) is 74.6 cm³/mol. The standard InChI is InChI=1S/C13H18ClNO3S/c14-11-5-3-6-12(8-11)19(17,18)15-9-10-4-1-2-7-13(10)16/h3,5-6,8,10,13,15-16H,1-2,4,7,9H2. The number of halogens is 1. The van der Waals surface area contributed by atoms with Crippen molar-refractivity contribution in [1.82, 2.24) is 4.72 Å². The molecule has 0 bridgehead atoms. The van der Waals surface area contributed by atoms with Crippen LogP contribution in [0.3, 0.4) is 0 Å². The maximum absolute atomic E-state index is 12.1. The summed E-state index contributed by atoms with van der Waals surface area (Å²) < 4.78 is 26.7. The van der Waals surface area contributed by atoms with E-state index >= 15 is 0 Å². The minimum atomic E-state index is -3.55. The third kappa shape index (κ3) is 3.92. The molecule has 1 aromatic rings. The van der Waals surface area contributed by atoms with Gasteiger partial charge in [0.1, 0.15) is 0 Å². The van der Waals surface area contributed by atoms with E-state index in [0.717, 1.165) is 25.7 Å². The first-order chi connectivity index (χ1) is 8.99. The minimum Gasteiger partial charge on any atom is -0.393 e. The second-order valence-electron chi connectivity index (χ2n) is 4.92. The Kier molecular flexibility index (Phi) is 4.84. The molecule has 1 saturated carbocycles. The molecule has 1 fully saturated rings. The second kappa shape index (κ2) is 6.22. The molecule has 0 radical (unpaired) electrons. The van der Waals surface area contributed by atoms with Crippen LogP contribution in [0.2, 0.25) is 5.02 Å². The highest BCUT2D eigenvalue weighted by atomic mass is 35.5. The number of aliphatic hydroxyl groups excluding tert-OH is 1. The zero-order chi connectivity index (χ0) is 13.9. The Labute approximate surface area is 118 Å². The van der Waals surface area contributed by atoms with Crippen molar-refractivity contribution in [2.75, 3.05) is 6.54 Å². The fourth-order valence-electron chi connectivity index (χ4n) is 2.36. The Morgan fingerprint density at radius 3 is 2.74 bits per heavy atom. The van der Waals surface area contributed by atoms with E-state index < -0.39 is 16.1 Å². The van der Waals surface area contributed by atoms with E-state index in [0.29, 0.717) is 5.02 Å². The maximum Gasteiger partial charge on any atom is 0.240 e. The van der Waals surface area contributed by atoms with Gasteiger partial charge in [0.2, 0.25) is 10.0 Å². The fourth-order valence-corrected chi connectivity index (χ4v) is 3.76. The van der Waals surface area contributed by atoms with Crippen molar-refractivity contribution in [3.05, 3.63) is 29.3 Å². The van der Waals surface area contributed by atoms with Gasteiger partial charge in [-0.3, -0.25) is 0 Å². The van der Waals surface area contributed by atoms with Crippen LogP contribution in [0.15, 0.2) is 29.2 Å². The van der Waals surface area contributed by atoms with Gasteiger partial charge in [-0.1, -0.05) is 30.5 Å². The number of aliphatic hydroxyl groups is 1. The first-order valence-corrected chi connectivity index (χ1v) is 8.28. The SMILES string of the molecule is O=S(=O)(NCC1CCCCC1O)c1cccc(Cl)c1. The normalized spacial score (nSPS) is 24.3. The van der Waals surface area contributed by atoms with Gasteiger partial charge < -0.3 is 5.11 Å². The van der Waals surface area contributed by atoms with Crippen LogP contribution >= 0.6 is 11.6 Å². The van der Waals surface area contributed by atoms with Crippen LogP contribution in [0.25, 0.3) is 0 Å². The largest absolute Gasteiger partial charge is 0.393 e. The van der Waals surface area contributed by atoms with Crippen LogP contribution in [0.1, 0.15) is 25.7 Å². The second-order valence-corrected chi connectivity index (χ2v) is 7.12. The average Bonchev–Trinajstić information content (AvgIpc) is 2.38. The van der Waals surface area contributed by atoms with Gasteiger partial charge >= 0.3 is 0 Å². The topological polar surface area (TPSA) is 66.4 Å². The monoisotopic (exact) mass is 303 g/mol. The van der Waals surface area contributed by atoms with E-state index in [4.69, 9.17) is 11.6 Å². The van der Waals surface area contributed by atoms with Crippen molar-refractivity contribution in [2.24, 2.45) is 5.92 Å². The summed E-state index contributed by atoms with van der Waals surface area (Å²) in [6.45, 7) is 0.274. The van der Waals surface area contributed by atoms with E-state index in [9.17, 15) is 13.5 Å². The van der Waals surface area contributed by atoms with E-state index in [-0.39, 0.29) is 17.4 Å². The van der Waals surface area contributed by atoms with Crippen molar-refractivity contribution < 1.29 is 13.5 Å². The molecule has 0 heterocycles. The molecule has 1 aliphatic carbocycles. The van der Waals surface area contributed by atoms with Crippen LogP contribution in [0, 0.1) is 5.92 Å². The first-order valence-electron chi connectivity index (χ1n) is 6.42.